The lowest BCUT2D eigenvalue weighted by Gasteiger charge is -2.18. The third-order valence-electron chi connectivity index (χ3n) is 3.73. The molecule has 2 atom stereocenters. The number of hydrogen-bond donors (Lipinski definition) is 2. The molecule has 18 heavy (non-hydrogen) atoms. The lowest BCUT2D eigenvalue weighted by atomic mass is 10.1. The molecule has 3 rings (SSSR count). The van der Waals surface area contributed by atoms with Crippen molar-refractivity contribution in [2.75, 3.05) is 19.9 Å². The molecule has 1 fully saturated rings. The number of ether oxygens (including phenoxy) is 2. The first-order valence-corrected chi connectivity index (χ1v) is 6.69. The van der Waals surface area contributed by atoms with E-state index in [1.54, 1.807) is 0 Å². The van der Waals surface area contributed by atoms with E-state index >= 15 is 0 Å². The molecule has 1 aromatic carbocycles. The van der Waals surface area contributed by atoms with E-state index in [1.165, 1.54) is 18.4 Å². The van der Waals surface area contributed by atoms with Gasteiger partial charge in [-0.25, -0.2) is 0 Å². The highest BCUT2D eigenvalue weighted by Crippen LogP contribution is 2.34. The van der Waals surface area contributed by atoms with Crippen LogP contribution in [0.15, 0.2) is 18.2 Å². The first-order chi connectivity index (χ1) is 8.83. The Kier molecular flexibility index (Phi) is 3.39. The predicted molar refractivity (Wildman–Crippen MR) is 70.0 cm³/mol. The summed E-state index contributed by atoms with van der Waals surface area (Å²) in [5, 5.41) is 7.07. The van der Waals surface area contributed by atoms with Gasteiger partial charge in [0, 0.05) is 18.6 Å². The number of nitrogens with one attached hydrogen (secondary N) is 2. The van der Waals surface area contributed by atoms with Crippen LogP contribution >= 0.6 is 0 Å². The van der Waals surface area contributed by atoms with Crippen molar-refractivity contribution in [1.82, 2.24) is 10.6 Å². The van der Waals surface area contributed by atoms with Gasteiger partial charge in [-0.1, -0.05) is 6.07 Å². The molecule has 2 heterocycles. The molecule has 0 aliphatic carbocycles. The van der Waals surface area contributed by atoms with E-state index in [9.17, 15) is 0 Å². The van der Waals surface area contributed by atoms with Gasteiger partial charge in [0.05, 0.1) is 0 Å². The Morgan fingerprint density at radius 3 is 3.11 bits per heavy atom. The van der Waals surface area contributed by atoms with Crippen LogP contribution in [0.25, 0.3) is 0 Å². The van der Waals surface area contributed by atoms with Gasteiger partial charge in [-0.3, -0.25) is 0 Å². The molecule has 1 saturated heterocycles. The van der Waals surface area contributed by atoms with Gasteiger partial charge in [0.25, 0.3) is 0 Å². The maximum atomic E-state index is 5.40. The monoisotopic (exact) mass is 248 g/mol. The number of rotatable bonds is 4. The Hall–Kier alpha value is -1.26. The predicted octanol–water partition coefficient (Wildman–Crippen LogP) is 1.82. The van der Waals surface area contributed by atoms with Gasteiger partial charge in [-0.2, -0.15) is 0 Å². The second-order valence-electron chi connectivity index (χ2n) is 5.04. The van der Waals surface area contributed by atoms with E-state index in [2.05, 4.69) is 29.7 Å². The topological polar surface area (TPSA) is 42.5 Å². The van der Waals surface area contributed by atoms with Crippen molar-refractivity contribution in [3.05, 3.63) is 23.8 Å². The zero-order chi connectivity index (χ0) is 12.4. The Morgan fingerprint density at radius 2 is 2.28 bits per heavy atom. The van der Waals surface area contributed by atoms with Gasteiger partial charge in [0.2, 0.25) is 6.79 Å². The number of hydrogen-bond acceptors (Lipinski definition) is 4. The summed E-state index contributed by atoms with van der Waals surface area (Å²) in [6.45, 7) is 4.71. The van der Waals surface area contributed by atoms with Crippen LogP contribution in [0.2, 0.25) is 0 Å². The van der Waals surface area contributed by atoms with Crippen LogP contribution in [0.5, 0.6) is 11.5 Å². The van der Waals surface area contributed by atoms with E-state index in [4.69, 9.17) is 9.47 Å². The summed E-state index contributed by atoms with van der Waals surface area (Å²) in [4.78, 5) is 0. The molecule has 0 bridgehead atoms. The lowest BCUT2D eigenvalue weighted by Crippen LogP contribution is -2.35. The number of fused-ring (bicyclic) bond motifs is 1. The minimum atomic E-state index is 0.335. The smallest absolute Gasteiger partial charge is 0.231 e. The molecule has 0 saturated carbocycles. The maximum absolute atomic E-state index is 5.40. The fourth-order valence-corrected chi connectivity index (χ4v) is 2.55. The average molecular weight is 248 g/mol. The quantitative estimate of drug-likeness (QED) is 0.853. The van der Waals surface area contributed by atoms with Crippen LogP contribution in [0.3, 0.4) is 0 Å². The van der Waals surface area contributed by atoms with Crippen LogP contribution in [0, 0.1) is 0 Å². The summed E-state index contributed by atoms with van der Waals surface area (Å²) >= 11 is 0. The minimum absolute atomic E-state index is 0.335. The Bertz CT molecular complexity index is 416. The van der Waals surface area contributed by atoms with Crippen LogP contribution in [0.4, 0.5) is 0 Å². The van der Waals surface area contributed by atoms with Crippen molar-refractivity contribution in [2.45, 2.75) is 31.8 Å². The molecule has 1 aromatic rings. The van der Waals surface area contributed by atoms with Crippen LogP contribution in [-0.4, -0.2) is 25.9 Å². The van der Waals surface area contributed by atoms with Crippen LogP contribution in [0.1, 0.15) is 31.4 Å². The first-order valence-electron chi connectivity index (χ1n) is 6.69. The van der Waals surface area contributed by atoms with E-state index < -0.39 is 0 Å². The molecule has 2 aliphatic heterocycles. The van der Waals surface area contributed by atoms with Crippen molar-refractivity contribution >= 4 is 0 Å². The van der Waals surface area contributed by atoms with Gasteiger partial charge in [0.15, 0.2) is 11.5 Å². The third kappa shape index (κ3) is 2.44. The summed E-state index contributed by atoms with van der Waals surface area (Å²) in [6.07, 6.45) is 2.58. The Morgan fingerprint density at radius 1 is 1.39 bits per heavy atom. The van der Waals surface area contributed by atoms with E-state index in [-0.39, 0.29) is 0 Å². The SMILES string of the molecule is CC(NCC1CCCN1)c1ccc2c(c1)OCO2. The molecular formula is C14H20N2O2. The van der Waals surface area contributed by atoms with Gasteiger partial charge in [-0.15, -0.1) is 0 Å². The summed E-state index contributed by atoms with van der Waals surface area (Å²) in [6, 6.07) is 7.13. The molecule has 2 N–H and O–H groups in total. The summed E-state index contributed by atoms with van der Waals surface area (Å²) in [5.74, 6) is 1.71. The third-order valence-corrected chi connectivity index (χ3v) is 3.73. The summed E-state index contributed by atoms with van der Waals surface area (Å²) in [5.41, 5.74) is 1.25. The van der Waals surface area contributed by atoms with Gasteiger partial charge in [-0.05, 0) is 44.0 Å². The number of benzene rings is 1. The van der Waals surface area contributed by atoms with Gasteiger partial charge < -0.3 is 20.1 Å². The van der Waals surface area contributed by atoms with Crippen molar-refractivity contribution in [1.29, 1.82) is 0 Å². The molecule has 4 heteroatoms. The van der Waals surface area contributed by atoms with Crippen LogP contribution in [-0.2, 0) is 0 Å². The van der Waals surface area contributed by atoms with Crippen LogP contribution < -0.4 is 20.1 Å². The highest BCUT2D eigenvalue weighted by atomic mass is 16.7. The maximum Gasteiger partial charge on any atom is 0.231 e. The fourth-order valence-electron chi connectivity index (χ4n) is 2.55. The summed E-state index contributed by atoms with van der Waals surface area (Å²) < 4.78 is 10.7. The van der Waals surface area contributed by atoms with Crippen molar-refractivity contribution in [3.8, 4) is 11.5 Å². The molecule has 2 aliphatic rings. The molecular weight excluding hydrogens is 228 g/mol. The fraction of sp³-hybridized carbons (Fsp3) is 0.571. The normalized spacial score (nSPS) is 23.3. The van der Waals surface area contributed by atoms with Crippen molar-refractivity contribution in [3.63, 3.8) is 0 Å². The van der Waals surface area contributed by atoms with E-state index in [0.29, 0.717) is 18.9 Å². The van der Waals surface area contributed by atoms with E-state index in [1.807, 2.05) is 6.07 Å². The zero-order valence-electron chi connectivity index (χ0n) is 10.7. The highest BCUT2D eigenvalue weighted by Gasteiger charge is 2.17. The molecule has 0 radical (unpaired) electrons. The molecule has 0 amide bonds. The Labute approximate surface area is 108 Å². The van der Waals surface area contributed by atoms with Crippen molar-refractivity contribution in [2.24, 2.45) is 0 Å². The zero-order valence-corrected chi connectivity index (χ0v) is 10.7. The van der Waals surface area contributed by atoms with E-state index in [0.717, 1.165) is 24.6 Å². The summed E-state index contributed by atoms with van der Waals surface area (Å²) in [7, 11) is 0. The largest absolute Gasteiger partial charge is 0.454 e. The van der Waals surface area contributed by atoms with Gasteiger partial charge in [0.1, 0.15) is 0 Å². The molecule has 0 aromatic heterocycles. The minimum Gasteiger partial charge on any atom is -0.454 e. The first kappa shape index (κ1) is 11.8. The highest BCUT2D eigenvalue weighted by molar-refractivity contribution is 5.45. The van der Waals surface area contributed by atoms with Crippen molar-refractivity contribution < 1.29 is 9.47 Å². The molecule has 2 unspecified atom stereocenters. The molecule has 4 nitrogen and oxygen atoms in total. The van der Waals surface area contributed by atoms with Gasteiger partial charge >= 0.3 is 0 Å². The average Bonchev–Trinajstić information content (AvgIpc) is 3.05. The Balaban J connectivity index is 1.59. The second-order valence-corrected chi connectivity index (χ2v) is 5.04. The molecule has 98 valence electrons. The second kappa shape index (κ2) is 5.16. The standard InChI is InChI=1S/C14H20N2O2/c1-10(16-8-12-3-2-6-15-12)11-4-5-13-14(7-11)18-9-17-13/h4-5,7,10,12,15-16H,2-3,6,8-9H2,1H3. The molecule has 0 spiro atoms. The lowest BCUT2D eigenvalue weighted by molar-refractivity contribution is 0.174.